The third-order valence-corrected chi connectivity index (χ3v) is 13.6. The van der Waals surface area contributed by atoms with Crippen molar-refractivity contribution < 1.29 is 49.5 Å². The lowest BCUT2D eigenvalue weighted by molar-refractivity contribution is -0.123. The van der Waals surface area contributed by atoms with Crippen molar-refractivity contribution in [3.8, 4) is 5.75 Å². The minimum atomic E-state index is -4.77. The van der Waals surface area contributed by atoms with Gasteiger partial charge in [0.25, 0.3) is 0 Å². The summed E-state index contributed by atoms with van der Waals surface area (Å²) in [4.78, 5) is 48.5. The molecule has 4 aromatic rings. The van der Waals surface area contributed by atoms with Crippen LogP contribution in [-0.2, 0) is 49.1 Å². The van der Waals surface area contributed by atoms with Crippen LogP contribution in [0.2, 0.25) is 0 Å². The van der Waals surface area contributed by atoms with Crippen molar-refractivity contribution in [1.82, 2.24) is 30.7 Å². The maximum atomic E-state index is 14.4. The molecule has 0 aliphatic rings. The molecule has 0 radical (unpaired) electrons. The van der Waals surface area contributed by atoms with E-state index in [1.807, 2.05) is 0 Å². The number of hydrogen-bond donors (Lipinski definition) is 7. The zero-order chi connectivity index (χ0) is 44.0. The lowest BCUT2D eigenvalue weighted by Crippen LogP contribution is -2.47. The van der Waals surface area contributed by atoms with E-state index in [0.717, 1.165) is 18.4 Å². The van der Waals surface area contributed by atoms with Crippen LogP contribution in [0.3, 0.4) is 0 Å². The highest BCUT2D eigenvalue weighted by Gasteiger charge is 2.33. The zero-order valence-electron chi connectivity index (χ0n) is 33.4. The Morgan fingerprint density at radius 1 is 0.593 bits per heavy atom. The maximum Gasteiger partial charge on any atom is 0.246 e. The molecule has 0 saturated carbocycles. The number of hydrogen-bond acceptors (Lipinski definition) is 11. The third kappa shape index (κ3) is 10.7. The van der Waals surface area contributed by atoms with Crippen LogP contribution in [0.5, 0.6) is 5.75 Å². The van der Waals surface area contributed by atoms with Crippen LogP contribution in [0.15, 0.2) is 75.4 Å². The summed E-state index contributed by atoms with van der Waals surface area (Å²) in [5.41, 5.74) is 0.622. The van der Waals surface area contributed by atoms with E-state index in [1.165, 1.54) is 24.3 Å². The van der Waals surface area contributed by atoms with Gasteiger partial charge in [-0.25, -0.2) is 25.3 Å². The lowest BCUT2D eigenvalue weighted by Gasteiger charge is -2.22. The molecule has 0 spiro atoms. The maximum absolute atomic E-state index is 14.4. The van der Waals surface area contributed by atoms with Gasteiger partial charge in [0.15, 0.2) is 9.84 Å². The molecular weight excluding hydrogens is 825 g/mol. The summed E-state index contributed by atoms with van der Waals surface area (Å²) in [6, 6.07) is 4.74. The van der Waals surface area contributed by atoms with Gasteiger partial charge in [0.05, 0.1) is 14.7 Å². The van der Waals surface area contributed by atoms with Crippen molar-refractivity contribution in [2.75, 3.05) is 32.4 Å². The number of nitrogens with one attached hydrogen (secondary N) is 6. The largest absolute Gasteiger partial charge is 0.507 e. The van der Waals surface area contributed by atoms with Crippen LogP contribution in [0.4, 0.5) is 0 Å². The predicted molar refractivity (Wildman–Crippen MR) is 225 cm³/mol. The number of phenolic OH excluding ortho intramolecular Hbond substituents is 1. The molecule has 4 rings (SSSR count). The molecule has 17 nitrogen and oxygen atoms in total. The van der Waals surface area contributed by atoms with E-state index < -0.39 is 69.3 Å². The Balaban J connectivity index is 1.79. The summed E-state index contributed by atoms with van der Waals surface area (Å²) in [6.45, 7) is 13.9. The Morgan fingerprint density at radius 2 is 0.949 bits per heavy atom. The Labute approximate surface area is 343 Å². The first-order valence-electron chi connectivity index (χ1n) is 18.7. The van der Waals surface area contributed by atoms with Gasteiger partial charge >= 0.3 is 0 Å². The molecule has 0 aliphatic heterocycles. The van der Waals surface area contributed by atoms with Crippen molar-refractivity contribution in [2.24, 2.45) is 0 Å². The van der Waals surface area contributed by atoms with Crippen molar-refractivity contribution in [3.63, 3.8) is 0 Å². The Morgan fingerprint density at radius 3 is 1.32 bits per heavy atom. The fraction of sp³-hybridized carbons (Fsp3) is 0.385. The van der Waals surface area contributed by atoms with Crippen LogP contribution < -0.4 is 30.7 Å². The molecule has 59 heavy (non-hydrogen) atoms. The van der Waals surface area contributed by atoms with Crippen LogP contribution in [-0.4, -0.2) is 98.5 Å². The Hall–Kier alpha value is -5.15. The van der Waals surface area contributed by atoms with Crippen molar-refractivity contribution in [1.29, 1.82) is 0 Å². The number of rotatable bonds is 21. The summed E-state index contributed by atoms with van der Waals surface area (Å²) < 4.78 is 88.1. The minimum Gasteiger partial charge on any atom is -0.507 e. The summed E-state index contributed by atoms with van der Waals surface area (Å²) in [5.74, 6) is -2.53. The topological polar surface area (TPSA) is 263 Å². The number of sulfone groups is 1. The highest BCUT2D eigenvalue weighted by molar-refractivity contribution is 7.91. The standard InChI is InChI=1S/C39H50N6O11S3/c1-8-28(38(49)42-18-10-16-40-36(47)22(3)4)44-58(53,54)32-21-33(59(55,56)45-29(9-2)39(50)43-19-11-17-41-37(48)23(5)6)27-15-14-25-31(57(7,51)52)20-30(46)24-12-13-26(32)35(27)34(24)25/h12-15,20-21,28-29,44-46H,3,5,8-11,16-19H2,1-2,4,6-7H3,(H,40,47)(H,41,48)(H,42,49)(H,43,50). The first-order valence-corrected chi connectivity index (χ1v) is 23.6. The van der Waals surface area contributed by atoms with Gasteiger partial charge in [-0.05, 0) is 57.7 Å². The van der Waals surface area contributed by atoms with Crippen molar-refractivity contribution in [2.45, 2.75) is 80.1 Å². The second-order valence-corrected chi connectivity index (χ2v) is 19.5. The molecule has 0 saturated heterocycles. The molecular formula is C39H50N6O11S3. The molecule has 4 amide bonds. The van der Waals surface area contributed by atoms with Gasteiger partial charge in [-0.2, -0.15) is 9.44 Å². The molecule has 0 heterocycles. The Bertz CT molecular complexity index is 2560. The molecule has 0 fully saturated rings. The molecule has 0 aromatic heterocycles. The van der Waals surface area contributed by atoms with Crippen molar-refractivity contribution in [3.05, 3.63) is 60.7 Å². The average molecular weight is 875 g/mol. The number of sulfonamides is 2. The molecule has 4 aromatic carbocycles. The number of phenols is 1. The van der Waals surface area contributed by atoms with Gasteiger partial charge in [0, 0.05) is 75.9 Å². The monoisotopic (exact) mass is 874 g/mol. The molecule has 7 N–H and O–H groups in total. The van der Waals surface area contributed by atoms with Gasteiger partial charge < -0.3 is 26.4 Å². The van der Waals surface area contributed by atoms with E-state index in [4.69, 9.17) is 0 Å². The highest BCUT2D eigenvalue weighted by Crippen LogP contribution is 2.45. The summed E-state index contributed by atoms with van der Waals surface area (Å²) >= 11 is 0. The van der Waals surface area contributed by atoms with Crippen LogP contribution in [0.1, 0.15) is 53.4 Å². The second-order valence-electron chi connectivity index (χ2n) is 14.1. The fourth-order valence-electron chi connectivity index (χ4n) is 6.33. The van der Waals surface area contributed by atoms with E-state index in [-0.39, 0.29) is 88.0 Å². The lowest BCUT2D eigenvalue weighted by atomic mass is 9.94. The van der Waals surface area contributed by atoms with E-state index in [1.54, 1.807) is 27.7 Å². The second kappa shape index (κ2) is 18.8. The first kappa shape index (κ1) is 46.5. The Kier molecular flexibility index (Phi) is 14.9. The number of amides is 4. The van der Waals surface area contributed by atoms with Crippen molar-refractivity contribution >= 4 is 85.8 Å². The zero-order valence-corrected chi connectivity index (χ0v) is 35.9. The summed E-state index contributed by atoms with van der Waals surface area (Å²) in [7, 11) is -13.5. The van der Waals surface area contributed by atoms with Gasteiger partial charge in [-0.1, -0.05) is 45.2 Å². The highest BCUT2D eigenvalue weighted by atomic mass is 32.2. The molecule has 20 heteroatoms. The SMILES string of the molecule is C=C(C)C(=O)NCCCNC(=O)C(CC)NS(=O)(=O)c1cc(S(=O)(=O)NC(CC)C(=O)NCCCNC(=O)C(=C)C)c2ccc3c(S(C)(=O)=O)cc(O)c4ccc1c2c43. The quantitative estimate of drug-likeness (QED) is 0.0363. The van der Waals surface area contributed by atoms with Gasteiger partial charge in [-0.15, -0.1) is 0 Å². The number of carbonyl (C=O) groups excluding carboxylic acids is 4. The minimum absolute atomic E-state index is 0.00679. The van der Waals surface area contributed by atoms with E-state index in [0.29, 0.717) is 24.0 Å². The van der Waals surface area contributed by atoms with Crippen LogP contribution in [0.25, 0.3) is 32.3 Å². The third-order valence-electron chi connectivity index (χ3n) is 9.44. The van der Waals surface area contributed by atoms with E-state index >= 15 is 0 Å². The van der Waals surface area contributed by atoms with Gasteiger partial charge in [0.1, 0.15) is 17.8 Å². The summed E-state index contributed by atoms with van der Waals surface area (Å²) in [6.07, 6.45) is 1.54. The molecule has 0 bridgehead atoms. The molecule has 320 valence electrons. The van der Waals surface area contributed by atoms with E-state index in [9.17, 15) is 49.5 Å². The average Bonchev–Trinajstić information content (AvgIpc) is 3.16. The van der Waals surface area contributed by atoms with Crippen LogP contribution >= 0.6 is 0 Å². The summed E-state index contributed by atoms with van der Waals surface area (Å²) in [5, 5.41) is 21.7. The van der Waals surface area contributed by atoms with Crippen LogP contribution in [0, 0.1) is 0 Å². The van der Waals surface area contributed by atoms with E-state index in [2.05, 4.69) is 43.9 Å². The van der Waals surface area contributed by atoms with Gasteiger partial charge in [0.2, 0.25) is 43.7 Å². The smallest absolute Gasteiger partial charge is 0.246 e. The van der Waals surface area contributed by atoms with Gasteiger partial charge in [-0.3, -0.25) is 19.2 Å². The normalized spacial score (nSPS) is 13.2. The number of carbonyl (C=O) groups is 4. The predicted octanol–water partition coefficient (Wildman–Crippen LogP) is 2.20. The molecule has 0 aliphatic carbocycles. The fourth-order valence-corrected chi connectivity index (χ4v) is 10.3. The number of benzene rings is 4. The first-order chi connectivity index (χ1) is 27.5. The molecule has 2 unspecified atom stereocenters. The number of aromatic hydroxyl groups is 1. The molecule has 2 atom stereocenters.